The minimum absolute atomic E-state index is 0.221. The second-order valence-electron chi connectivity index (χ2n) is 6.40. The van der Waals surface area contributed by atoms with E-state index in [-0.39, 0.29) is 5.82 Å². The Kier molecular flexibility index (Phi) is 4.97. The molecule has 1 aromatic heterocycles. The van der Waals surface area contributed by atoms with Gasteiger partial charge >= 0.3 is 0 Å². The van der Waals surface area contributed by atoms with Crippen LogP contribution in [0, 0.1) is 5.82 Å². The number of aromatic nitrogens is 4. The maximum absolute atomic E-state index is 13.0. The van der Waals surface area contributed by atoms with Crippen molar-refractivity contribution in [2.24, 2.45) is 0 Å². The molecule has 1 aromatic carbocycles. The summed E-state index contributed by atoms with van der Waals surface area (Å²) in [6.45, 7) is 7.44. The fourth-order valence-corrected chi connectivity index (χ4v) is 3.34. The van der Waals surface area contributed by atoms with Crippen LogP contribution in [0.25, 0.3) is 0 Å². The zero-order chi connectivity index (χ0) is 16.2. The minimum Gasteiger partial charge on any atom is -0.328 e. The topological polar surface area (TPSA) is 52.5 Å². The predicted molar refractivity (Wildman–Crippen MR) is 83.7 cm³/mol. The second-order valence-corrected chi connectivity index (χ2v) is 6.40. The monoisotopic (exact) mass is 320 g/mol. The molecule has 23 heavy (non-hydrogen) atoms. The number of rotatable bonds is 5. The van der Waals surface area contributed by atoms with E-state index in [0.29, 0.717) is 12.6 Å². The number of tetrazole rings is 1. The van der Waals surface area contributed by atoms with Crippen molar-refractivity contribution in [3.8, 4) is 0 Å². The number of benzene rings is 1. The first-order chi connectivity index (χ1) is 11.2. The van der Waals surface area contributed by atoms with E-state index in [9.17, 15) is 4.39 Å². The summed E-state index contributed by atoms with van der Waals surface area (Å²) in [6.07, 6.45) is 1.01. The Hall–Kier alpha value is -1.86. The van der Waals surface area contributed by atoms with E-state index in [1.807, 2.05) is 4.68 Å². The van der Waals surface area contributed by atoms with Crippen LogP contribution in [0.4, 0.5) is 4.39 Å². The quantitative estimate of drug-likeness (QED) is 0.722. The van der Waals surface area contributed by atoms with E-state index < -0.39 is 0 Å². The SMILES string of the molecule is CC[C@@H](c1nnnn1Cc1ccc(F)cc1)[NH+]1CC[NH+](C)CC1. The molecule has 2 heterocycles. The van der Waals surface area contributed by atoms with Gasteiger partial charge in [-0.2, -0.15) is 0 Å². The van der Waals surface area contributed by atoms with Gasteiger partial charge in [0.25, 0.3) is 0 Å². The van der Waals surface area contributed by atoms with Gasteiger partial charge in [-0.25, -0.2) is 9.07 Å². The Morgan fingerprint density at radius 3 is 2.52 bits per heavy atom. The van der Waals surface area contributed by atoms with Crippen LogP contribution in [0.15, 0.2) is 24.3 Å². The third-order valence-electron chi connectivity index (χ3n) is 4.76. The summed E-state index contributed by atoms with van der Waals surface area (Å²) in [5.41, 5.74) is 1.01. The molecule has 0 amide bonds. The maximum Gasteiger partial charge on any atom is 0.209 e. The zero-order valence-corrected chi connectivity index (χ0v) is 13.8. The van der Waals surface area contributed by atoms with Gasteiger partial charge in [-0.1, -0.05) is 19.1 Å². The lowest BCUT2D eigenvalue weighted by Gasteiger charge is -2.32. The van der Waals surface area contributed by atoms with Crippen LogP contribution in [-0.2, 0) is 6.54 Å². The Morgan fingerprint density at radius 1 is 1.17 bits per heavy atom. The van der Waals surface area contributed by atoms with Crippen LogP contribution in [-0.4, -0.2) is 53.4 Å². The van der Waals surface area contributed by atoms with Gasteiger partial charge in [0.15, 0.2) is 0 Å². The Morgan fingerprint density at radius 2 is 1.87 bits per heavy atom. The molecule has 3 rings (SSSR count). The van der Waals surface area contributed by atoms with Crippen LogP contribution in [0.3, 0.4) is 0 Å². The van der Waals surface area contributed by atoms with E-state index in [4.69, 9.17) is 0 Å². The largest absolute Gasteiger partial charge is 0.328 e. The van der Waals surface area contributed by atoms with E-state index in [0.717, 1.165) is 30.9 Å². The molecule has 1 saturated heterocycles. The number of piperazine rings is 1. The molecule has 0 saturated carbocycles. The van der Waals surface area contributed by atoms with Gasteiger partial charge in [0.1, 0.15) is 38.0 Å². The molecule has 6 nitrogen and oxygen atoms in total. The number of hydrogen-bond donors (Lipinski definition) is 2. The van der Waals surface area contributed by atoms with Gasteiger partial charge in [-0.15, -0.1) is 5.10 Å². The molecular formula is C16H25FN6+2. The number of nitrogens with one attached hydrogen (secondary N) is 2. The van der Waals surface area contributed by atoms with Gasteiger partial charge < -0.3 is 9.80 Å². The first-order valence-electron chi connectivity index (χ1n) is 8.33. The minimum atomic E-state index is -0.221. The molecular weight excluding hydrogens is 295 g/mol. The molecule has 2 aromatic rings. The number of likely N-dealkylation sites (N-methyl/N-ethyl adjacent to an activating group) is 1. The van der Waals surface area contributed by atoms with Crippen LogP contribution in [0.2, 0.25) is 0 Å². The summed E-state index contributed by atoms with van der Waals surface area (Å²) in [5, 5.41) is 12.3. The van der Waals surface area contributed by atoms with Crippen molar-refractivity contribution in [2.45, 2.75) is 25.9 Å². The van der Waals surface area contributed by atoms with Gasteiger partial charge in [-0.3, -0.25) is 0 Å². The summed E-state index contributed by atoms with van der Waals surface area (Å²) in [4.78, 5) is 3.16. The normalized spacial score (nSPS) is 22.9. The maximum atomic E-state index is 13.0. The van der Waals surface area contributed by atoms with Crippen molar-refractivity contribution in [1.82, 2.24) is 20.2 Å². The molecule has 2 N–H and O–H groups in total. The highest BCUT2D eigenvalue weighted by Crippen LogP contribution is 2.12. The Bertz CT molecular complexity index is 618. The molecule has 1 atom stereocenters. The first-order valence-corrected chi connectivity index (χ1v) is 8.33. The molecule has 0 radical (unpaired) electrons. The molecule has 124 valence electrons. The van der Waals surface area contributed by atoms with Crippen LogP contribution in [0.5, 0.6) is 0 Å². The Balaban J connectivity index is 1.76. The van der Waals surface area contributed by atoms with Crippen LogP contribution in [0.1, 0.15) is 30.8 Å². The summed E-state index contributed by atoms with van der Waals surface area (Å²) in [5.74, 6) is 0.716. The molecule has 7 heteroatoms. The molecule has 0 spiro atoms. The Labute approximate surface area is 135 Å². The number of halogens is 1. The van der Waals surface area contributed by atoms with Crippen molar-refractivity contribution in [3.63, 3.8) is 0 Å². The smallest absolute Gasteiger partial charge is 0.209 e. The fraction of sp³-hybridized carbons (Fsp3) is 0.562. The zero-order valence-electron chi connectivity index (χ0n) is 13.8. The van der Waals surface area contributed by atoms with E-state index in [1.54, 1.807) is 21.9 Å². The molecule has 0 bridgehead atoms. The summed E-state index contributed by atoms with van der Waals surface area (Å²) >= 11 is 0. The van der Waals surface area contributed by atoms with Crippen molar-refractivity contribution in [3.05, 3.63) is 41.5 Å². The summed E-state index contributed by atoms with van der Waals surface area (Å²) < 4.78 is 14.9. The summed E-state index contributed by atoms with van der Waals surface area (Å²) in [7, 11) is 2.25. The molecule has 1 aliphatic rings. The standard InChI is InChI=1S/C16H23FN6/c1-3-15(22-10-8-21(2)9-11-22)16-18-19-20-23(16)12-13-4-6-14(17)7-5-13/h4-7,15H,3,8-12H2,1-2H3/p+2/t15-/m0/s1. The van der Waals surface area contributed by atoms with Crippen molar-refractivity contribution >= 4 is 0 Å². The van der Waals surface area contributed by atoms with E-state index in [1.165, 1.54) is 25.2 Å². The highest BCUT2D eigenvalue weighted by molar-refractivity contribution is 5.16. The van der Waals surface area contributed by atoms with Crippen LogP contribution >= 0.6 is 0 Å². The van der Waals surface area contributed by atoms with Gasteiger partial charge in [0, 0.05) is 6.42 Å². The van der Waals surface area contributed by atoms with Gasteiger partial charge in [0.05, 0.1) is 13.6 Å². The lowest BCUT2D eigenvalue weighted by Crippen LogP contribution is -3.27. The molecule has 0 unspecified atom stereocenters. The molecule has 0 aliphatic carbocycles. The lowest BCUT2D eigenvalue weighted by molar-refractivity contribution is -1.02. The highest BCUT2D eigenvalue weighted by atomic mass is 19.1. The predicted octanol–water partition coefficient (Wildman–Crippen LogP) is -1.28. The van der Waals surface area contributed by atoms with E-state index >= 15 is 0 Å². The highest BCUT2D eigenvalue weighted by Gasteiger charge is 2.31. The third kappa shape index (κ3) is 3.73. The van der Waals surface area contributed by atoms with Crippen molar-refractivity contribution in [1.29, 1.82) is 0 Å². The molecule has 1 fully saturated rings. The van der Waals surface area contributed by atoms with Crippen molar-refractivity contribution in [2.75, 3.05) is 33.2 Å². The van der Waals surface area contributed by atoms with Crippen molar-refractivity contribution < 1.29 is 14.2 Å². The average molecular weight is 320 g/mol. The second kappa shape index (κ2) is 7.14. The number of hydrogen-bond acceptors (Lipinski definition) is 3. The molecule has 1 aliphatic heterocycles. The van der Waals surface area contributed by atoms with Gasteiger partial charge in [0.2, 0.25) is 5.82 Å². The first kappa shape index (κ1) is 16.0. The van der Waals surface area contributed by atoms with E-state index in [2.05, 4.69) is 29.5 Å². The number of quaternary nitrogens is 2. The third-order valence-corrected chi connectivity index (χ3v) is 4.76. The van der Waals surface area contributed by atoms with Gasteiger partial charge in [-0.05, 0) is 28.1 Å². The number of nitrogens with zero attached hydrogens (tertiary/aromatic N) is 4. The lowest BCUT2D eigenvalue weighted by atomic mass is 10.1. The van der Waals surface area contributed by atoms with Crippen LogP contribution < -0.4 is 9.80 Å². The summed E-state index contributed by atoms with van der Waals surface area (Å²) in [6, 6.07) is 6.84. The fourth-order valence-electron chi connectivity index (χ4n) is 3.34. The average Bonchev–Trinajstić information content (AvgIpc) is 3.00.